The van der Waals surface area contributed by atoms with Gasteiger partial charge in [0.2, 0.25) is 0 Å². The maximum atomic E-state index is 4.26. The van der Waals surface area contributed by atoms with Gasteiger partial charge >= 0.3 is 0 Å². The first-order valence-electron chi connectivity index (χ1n) is 5.16. The SMILES string of the molecule is CC(C)(C)Cc1ccc2c(c1)C=NC2. The first-order valence-corrected chi connectivity index (χ1v) is 5.16. The Morgan fingerprint density at radius 2 is 2.07 bits per heavy atom. The van der Waals surface area contributed by atoms with E-state index < -0.39 is 0 Å². The van der Waals surface area contributed by atoms with Gasteiger partial charge in [-0.25, -0.2) is 0 Å². The zero-order valence-electron chi connectivity index (χ0n) is 9.17. The smallest absolute Gasteiger partial charge is 0.0646 e. The summed E-state index contributed by atoms with van der Waals surface area (Å²) in [6, 6.07) is 6.72. The zero-order chi connectivity index (χ0) is 10.2. The van der Waals surface area contributed by atoms with Crippen LogP contribution in [0.15, 0.2) is 23.2 Å². The van der Waals surface area contributed by atoms with Crippen LogP contribution in [-0.2, 0) is 13.0 Å². The van der Waals surface area contributed by atoms with Crippen LogP contribution in [0.5, 0.6) is 0 Å². The van der Waals surface area contributed by atoms with Crippen LogP contribution < -0.4 is 0 Å². The molecule has 0 amide bonds. The fraction of sp³-hybridized carbons (Fsp3) is 0.462. The van der Waals surface area contributed by atoms with Crippen LogP contribution in [0.4, 0.5) is 0 Å². The molecule has 0 N–H and O–H groups in total. The zero-order valence-corrected chi connectivity index (χ0v) is 9.17. The van der Waals surface area contributed by atoms with E-state index in [9.17, 15) is 0 Å². The maximum Gasteiger partial charge on any atom is 0.0646 e. The molecule has 0 atom stereocenters. The Morgan fingerprint density at radius 3 is 2.79 bits per heavy atom. The van der Waals surface area contributed by atoms with Gasteiger partial charge in [-0.1, -0.05) is 32.9 Å². The van der Waals surface area contributed by atoms with Gasteiger partial charge in [0.05, 0.1) is 6.54 Å². The molecule has 0 aliphatic carbocycles. The molecule has 1 aliphatic heterocycles. The minimum absolute atomic E-state index is 0.365. The Labute approximate surface area is 85.9 Å². The molecule has 14 heavy (non-hydrogen) atoms. The number of fused-ring (bicyclic) bond motifs is 1. The van der Waals surface area contributed by atoms with Crippen molar-refractivity contribution in [2.45, 2.75) is 33.7 Å². The molecule has 0 saturated carbocycles. The van der Waals surface area contributed by atoms with Gasteiger partial charge in [-0.05, 0) is 34.6 Å². The lowest BCUT2D eigenvalue weighted by Crippen LogP contribution is -2.09. The molecule has 1 aromatic rings. The number of hydrogen-bond donors (Lipinski definition) is 0. The lowest BCUT2D eigenvalue weighted by molar-refractivity contribution is 0.411. The normalized spacial score (nSPS) is 14.5. The summed E-state index contributed by atoms with van der Waals surface area (Å²) in [6.45, 7) is 7.68. The van der Waals surface area contributed by atoms with Crippen LogP contribution in [-0.4, -0.2) is 6.21 Å². The monoisotopic (exact) mass is 187 g/mol. The van der Waals surface area contributed by atoms with Crippen molar-refractivity contribution in [1.82, 2.24) is 0 Å². The lowest BCUT2D eigenvalue weighted by atomic mass is 9.87. The van der Waals surface area contributed by atoms with Crippen molar-refractivity contribution in [3.05, 3.63) is 34.9 Å². The summed E-state index contributed by atoms with van der Waals surface area (Å²) < 4.78 is 0. The average Bonchev–Trinajstić information content (AvgIpc) is 2.47. The summed E-state index contributed by atoms with van der Waals surface area (Å²) in [7, 11) is 0. The Kier molecular flexibility index (Phi) is 2.18. The summed E-state index contributed by atoms with van der Waals surface area (Å²) in [5.41, 5.74) is 4.46. The second-order valence-electron chi connectivity index (χ2n) is 5.24. The van der Waals surface area contributed by atoms with Gasteiger partial charge in [0, 0.05) is 6.21 Å². The predicted octanol–water partition coefficient (Wildman–Crippen LogP) is 3.21. The van der Waals surface area contributed by atoms with Gasteiger partial charge in [-0.3, -0.25) is 4.99 Å². The van der Waals surface area contributed by atoms with Crippen molar-refractivity contribution in [2.24, 2.45) is 10.4 Å². The topological polar surface area (TPSA) is 12.4 Å². The highest BCUT2D eigenvalue weighted by molar-refractivity contribution is 5.84. The third-order valence-electron chi connectivity index (χ3n) is 2.44. The first kappa shape index (κ1) is 9.45. The Hall–Kier alpha value is -1.11. The molecule has 2 rings (SSSR count). The molecule has 1 nitrogen and oxygen atoms in total. The highest BCUT2D eigenvalue weighted by Crippen LogP contribution is 2.23. The molecule has 0 spiro atoms. The summed E-state index contributed by atoms with van der Waals surface area (Å²) in [6.07, 6.45) is 3.12. The van der Waals surface area contributed by atoms with E-state index in [0.717, 1.165) is 13.0 Å². The van der Waals surface area contributed by atoms with E-state index in [1.807, 2.05) is 6.21 Å². The number of rotatable bonds is 1. The van der Waals surface area contributed by atoms with Crippen molar-refractivity contribution in [2.75, 3.05) is 0 Å². The van der Waals surface area contributed by atoms with Crippen molar-refractivity contribution in [3.63, 3.8) is 0 Å². The standard InChI is InChI=1S/C13H17N/c1-13(2,3)7-10-4-5-11-8-14-9-12(11)6-10/h4-6,9H,7-8H2,1-3H3. The maximum absolute atomic E-state index is 4.26. The minimum Gasteiger partial charge on any atom is -0.288 e. The van der Waals surface area contributed by atoms with Crippen molar-refractivity contribution in [3.8, 4) is 0 Å². The quantitative estimate of drug-likeness (QED) is 0.640. The van der Waals surface area contributed by atoms with Crippen LogP contribution >= 0.6 is 0 Å². The van der Waals surface area contributed by atoms with E-state index in [1.54, 1.807) is 0 Å². The van der Waals surface area contributed by atoms with Gasteiger partial charge in [0.15, 0.2) is 0 Å². The summed E-state index contributed by atoms with van der Waals surface area (Å²) in [5.74, 6) is 0. The number of aliphatic imine (C=N–C) groups is 1. The molecule has 0 aromatic heterocycles. The minimum atomic E-state index is 0.365. The number of hydrogen-bond acceptors (Lipinski definition) is 1. The first-order chi connectivity index (χ1) is 6.54. The van der Waals surface area contributed by atoms with E-state index in [2.05, 4.69) is 44.0 Å². The third kappa shape index (κ3) is 2.03. The van der Waals surface area contributed by atoms with Gasteiger partial charge in [0.1, 0.15) is 0 Å². The van der Waals surface area contributed by atoms with Gasteiger partial charge in [-0.15, -0.1) is 0 Å². The van der Waals surface area contributed by atoms with Crippen LogP contribution in [0, 0.1) is 5.41 Å². The average molecular weight is 187 g/mol. The fourth-order valence-electron chi connectivity index (χ4n) is 1.87. The molecule has 0 radical (unpaired) electrons. The highest BCUT2D eigenvalue weighted by Gasteiger charge is 2.13. The Balaban J connectivity index is 2.25. The molecular formula is C13H17N. The van der Waals surface area contributed by atoms with Crippen LogP contribution in [0.1, 0.15) is 37.5 Å². The van der Waals surface area contributed by atoms with E-state index in [1.165, 1.54) is 16.7 Å². The molecule has 0 unspecified atom stereocenters. The third-order valence-corrected chi connectivity index (χ3v) is 2.44. The molecule has 1 heteroatoms. The molecule has 74 valence electrons. The lowest BCUT2D eigenvalue weighted by Gasteiger charge is -2.18. The second kappa shape index (κ2) is 3.23. The number of nitrogens with zero attached hydrogens (tertiary/aromatic N) is 1. The molecule has 0 bridgehead atoms. The molecule has 1 heterocycles. The van der Waals surface area contributed by atoms with E-state index in [0.29, 0.717) is 5.41 Å². The Morgan fingerprint density at radius 1 is 1.29 bits per heavy atom. The molecular weight excluding hydrogens is 170 g/mol. The summed E-state index contributed by atoms with van der Waals surface area (Å²) in [5, 5.41) is 0. The molecule has 0 saturated heterocycles. The van der Waals surface area contributed by atoms with Gasteiger partial charge in [0.25, 0.3) is 0 Å². The largest absolute Gasteiger partial charge is 0.288 e. The molecule has 1 aromatic carbocycles. The van der Waals surface area contributed by atoms with E-state index in [4.69, 9.17) is 0 Å². The van der Waals surface area contributed by atoms with Crippen molar-refractivity contribution in [1.29, 1.82) is 0 Å². The van der Waals surface area contributed by atoms with Crippen LogP contribution in [0.2, 0.25) is 0 Å². The highest BCUT2D eigenvalue weighted by atomic mass is 14.7. The molecule has 1 aliphatic rings. The molecule has 0 fully saturated rings. The summed E-state index contributed by atoms with van der Waals surface area (Å²) >= 11 is 0. The van der Waals surface area contributed by atoms with E-state index in [-0.39, 0.29) is 0 Å². The van der Waals surface area contributed by atoms with Crippen LogP contribution in [0.3, 0.4) is 0 Å². The van der Waals surface area contributed by atoms with Crippen LogP contribution in [0.25, 0.3) is 0 Å². The second-order valence-corrected chi connectivity index (χ2v) is 5.24. The Bertz CT molecular complexity index is 369. The number of benzene rings is 1. The van der Waals surface area contributed by atoms with Gasteiger partial charge < -0.3 is 0 Å². The van der Waals surface area contributed by atoms with E-state index >= 15 is 0 Å². The van der Waals surface area contributed by atoms with Crippen molar-refractivity contribution >= 4 is 6.21 Å². The van der Waals surface area contributed by atoms with Gasteiger partial charge in [-0.2, -0.15) is 0 Å². The van der Waals surface area contributed by atoms with Crippen molar-refractivity contribution < 1.29 is 0 Å². The summed E-state index contributed by atoms with van der Waals surface area (Å²) in [4.78, 5) is 4.26. The predicted molar refractivity (Wildman–Crippen MR) is 60.9 cm³/mol. The fourth-order valence-corrected chi connectivity index (χ4v) is 1.87.